The number of hydrogen-bond donors (Lipinski definition) is 3. The molecule has 152 valence electrons. The summed E-state index contributed by atoms with van der Waals surface area (Å²) in [4.78, 5) is 17.0. The Bertz CT molecular complexity index is 1060. The molecule has 2 heterocycles. The molecule has 29 heavy (non-hydrogen) atoms. The van der Waals surface area contributed by atoms with Crippen molar-refractivity contribution in [2.24, 2.45) is 0 Å². The maximum Gasteiger partial charge on any atom is 0.274 e. The number of hydrogen-bond acceptors (Lipinski definition) is 5. The summed E-state index contributed by atoms with van der Waals surface area (Å²) in [5.41, 5.74) is 8.44. The predicted molar refractivity (Wildman–Crippen MR) is 120 cm³/mol. The van der Waals surface area contributed by atoms with Gasteiger partial charge in [-0.15, -0.1) is 0 Å². The Hall–Kier alpha value is -2.23. The van der Waals surface area contributed by atoms with E-state index in [1.807, 2.05) is 26.0 Å². The van der Waals surface area contributed by atoms with Gasteiger partial charge in [0.2, 0.25) is 9.76 Å². The number of benzene rings is 1. The lowest BCUT2D eigenvalue weighted by Gasteiger charge is -2.31. The number of carbonyl (C=O) groups excluding carboxylic acids is 1. The summed E-state index contributed by atoms with van der Waals surface area (Å²) in [5, 5.41) is 10.4. The fraction of sp³-hybridized carbons (Fsp3) is 0.350. The number of anilines is 2. The van der Waals surface area contributed by atoms with Crippen molar-refractivity contribution in [3.05, 3.63) is 46.2 Å². The molecule has 1 amide bonds. The number of H-pyrrole nitrogens is 1. The van der Waals surface area contributed by atoms with Crippen LogP contribution in [0.25, 0.3) is 11.0 Å². The van der Waals surface area contributed by atoms with E-state index >= 15 is 0 Å². The number of nitrogen functional groups attached to an aromatic ring is 1. The summed E-state index contributed by atoms with van der Waals surface area (Å²) in [7, 11) is 0.310. The minimum Gasteiger partial charge on any atom is -0.408 e. The van der Waals surface area contributed by atoms with Gasteiger partial charge in [-0.1, -0.05) is 32.9 Å². The highest BCUT2D eigenvalue weighted by Gasteiger charge is 2.28. The van der Waals surface area contributed by atoms with E-state index in [0.717, 1.165) is 10.0 Å². The molecule has 0 fully saturated rings. The summed E-state index contributed by atoms with van der Waals surface area (Å²) in [6, 6.07) is 7.34. The molecule has 0 unspecified atom stereocenters. The summed E-state index contributed by atoms with van der Waals surface area (Å²) in [5.74, 6) is -0.341. The van der Waals surface area contributed by atoms with Crippen LogP contribution < -0.4 is 11.1 Å². The van der Waals surface area contributed by atoms with Gasteiger partial charge in [-0.2, -0.15) is 5.10 Å². The number of nitrogens with one attached hydrogen (secondary N) is 2. The zero-order valence-electron chi connectivity index (χ0n) is 17.1. The van der Waals surface area contributed by atoms with Crippen LogP contribution in [-0.4, -0.2) is 30.9 Å². The zero-order valence-corrected chi connectivity index (χ0v) is 19.6. The Balaban J connectivity index is 1.87. The molecule has 7 nitrogen and oxygen atoms in total. The van der Waals surface area contributed by atoms with Crippen LogP contribution in [0.4, 0.5) is 11.4 Å². The highest BCUT2D eigenvalue weighted by atomic mass is 79.9. The quantitative estimate of drug-likeness (QED) is 0.369. The third-order valence-corrected chi connectivity index (χ3v) is 5.88. The molecule has 0 bridgehead atoms. The van der Waals surface area contributed by atoms with Crippen LogP contribution in [0, 0.1) is 0 Å². The number of aromatic nitrogens is 3. The number of aromatic amines is 1. The van der Waals surface area contributed by atoms with Gasteiger partial charge in [-0.25, -0.2) is 4.98 Å². The molecule has 4 N–H and O–H groups in total. The molecular formula is C20H24BrN5O2Si. The largest absolute Gasteiger partial charge is 0.408 e. The molecule has 3 rings (SSSR count). The van der Waals surface area contributed by atoms with E-state index in [1.54, 1.807) is 18.3 Å². The minimum atomic E-state index is -0.591. The van der Waals surface area contributed by atoms with Gasteiger partial charge < -0.3 is 15.5 Å². The van der Waals surface area contributed by atoms with Crippen molar-refractivity contribution in [2.45, 2.75) is 45.3 Å². The molecule has 9 heteroatoms. The highest BCUT2D eigenvalue weighted by molar-refractivity contribution is 9.10. The van der Waals surface area contributed by atoms with Crippen LogP contribution >= 0.6 is 15.9 Å². The molecular weight excluding hydrogens is 450 g/mol. The third-order valence-electron chi connectivity index (χ3n) is 4.22. The second-order valence-electron chi connectivity index (χ2n) is 8.31. The standard InChI is InChI=1S/C20H24BrN5O2Si/c1-19(2,3)29-28-20(4,5)13-7-6-8-14(15(13)22)24-18(27)16-12-9-11(21)10-23-17(12)26-25-16/h6-10H,22H2,1-5H3,(H,24,27)(H,23,25,26). The summed E-state index contributed by atoms with van der Waals surface area (Å²) in [6.07, 6.45) is 1.63. The molecule has 0 aliphatic rings. The van der Waals surface area contributed by atoms with Crippen LogP contribution in [0.5, 0.6) is 0 Å². The molecule has 0 aliphatic carbocycles. The normalized spacial score (nSPS) is 12.3. The van der Waals surface area contributed by atoms with E-state index < -0.39 is 5.60 Å². The van der Waals surface area contributed by atoms with Crippen LogP contribution in [0.3, 0.4) is 0 Å². The summed E-state index contributed by atoms with van der Waals surface area (Å²) in [6.45, 7) is 10.3. The van der Waals surface area contributed by atoms with Crippen molar-refractivity contribution in [3.63, 3.8) is 0 Å². The molecule has 0 saturated carbocycles. The summed E-state index contributed by atoms with van der Waals surface area (Å²) < 4.78 is 6.93. The lowest BCUT2D eigenvalue weighted by atomic mass is 9.96. The summed E-state index contributed by atoms with van der Waals surface area (Å²) >= 11 is 3.37. The molecule has 0 saturated heterocycles. The number of nitrogens with zero attached hydrogens (tertiary/aromatic N) is 2. The van der Waals surface area contributed by atoms with E-state index in [9.17, 15) is 4.79 Å². The Kier molecular flexibility index (Phi) is 5.84. The first-order chi connectivity index (χ1) is 13.5. The minimum absolute atomic E-state index is 0.0574. The molecule has 0 atom stereocenters. The van der Waals surface area contributed by atoms with E-state index in [-0.39, 0.29) is 10.9 Å². The smallest absolute Gasteiger partial charge is 0.274 e. The number of para-hydroxylation sites is 1. The highest BCUT2D eigenvalue weighted by Crippen LogP contribution is 2.36. The molecule has 0 spiro atoms. The number of rotatable bonds is 5. The molecule has 0 aliphatic heterocycles. The Morgan fingerprint density at radius 1 is 1.28 bits per heavy atom. The van der Waals surface area contributed by atoms with Crippen molar-refractivity contribution in [2.75, 3.05) is 11.1 Å². The van der Waals surface area contributed by atoms with E-state index in [2.05, 4.69) is 57.2 Å². The lowest BCUT2D eigenvalue weighted by molar-refractivity contribution is 0.102. The fourth-order valence-electron chi connectivity index (χ4n) is 2.77. The second-order valence-corrected chi connectivity index (χ2v) is 11.1. The average molecular weight is 474 g/mol. The Labute approximate surface area is 180 Å². The van der Waals surface area contributed by atoms with Gasteiger partial charge in [0.25, 0.3) is 5.91 Å². The first-order valence-electron chi connectivity index (χ1n) is 9.13. The van der Waals surface area contributed by atoms with Gasteiger partial charge in [0.05, 0.1) is 22.4 Å². The van der Waals surface area contributed by atoms with E-state index in [0.29, 0.717) is 37.9 Å². The molecule has 2 aromatic heterocycles. The maximum atomic E-state index is 12.9. The first-order valence-corrected chi connectivity index (χ1v) is 10.8. The lowest BCUT2D eigenvalue weighted by Crippen LogP contribution is -2.29. The Morgan fingerprint density at radius 2 is 2.00 bits per heavy atom. The molecule has 1 aromatic carbocycles. The second kappa shape index (κ2) is 7.89. The molecule has 2 radical (unpaired) electrons. The maximum absolute atomic E-state index is 12.9. The monoisotopic (exact) mass is 473 g/mol. The van der Waals surface area contributed by atoms with Crippen LogP contribution in [0.2, 0.25) is 5.04 Å². The van der Waals surface area contributed by atoms with Crippen molar-refractivity contribution >= 4 is 54.0 Å². The number of halogens is 1. The number of carbonyl (C=O) groups is 1. The van der Waals surface area contributed by atoms with Gasteiger partial charge in [0.15, 0.2) is 5.65 Å². The number of fused-ring (bicyclic) bond motifs is 1. The van der Waals surface area contributed by atoms with Gasteiger partial charge >= 0.3 is 0 Å². The first kappa shape index (κ1) is 21.5. The van der Waals surface area contributed by atoms with Crippen LogP contribution in [0.1, 0.15) is 50.7 Å². The van der Waals surface area contributed by atoms with Crippen LogP contribution in [-0.2, 0) is 10.0 Å². The van der Waals surface area contributed by atoms with Gasteiger partial charge in [-0.3, -0.25) is 9.89 Å². The number of pyridine rings is 1. The van der Waals surface area contributed by atoms with E-state index in [1.165, 1.54) is 0 Å². The van der Waals surface area contributed by atoms with Gasteiger partial charge in [0.1, 0.15) is 5.69 Å². The number of nitrogens with two attached hydrogens (primary N) is 1. The van der Waals surface area contributed by atoms with Crippen LogP contribution in [0.15, 0.2) is 34.9 Å². The van der Waals surface area contributed by atoms with Crippen molar-refractivity contribution < 1.29 is 9.22 Å². The number of amides is 1. The topological polar surface area (TPSA) is 106 Å². The fourth-order valence-corrected chi connectivity index (χ4v) is 3.77. The predicted octanol–water partition coefficient (Wildman–Crippen LogP) is 4.64. The van der Waals surface area contributed by atoms with E-state index in [4.69, 9.17) is 10.2 Å². The Morgan fingerprint density at radius 3 is 2.69 bits per heavy atom. The third kappa shape index (κ3) is 4.85. The van der Waals surface area contributed by atoms with Gasteiger partial charge in [0, 0.05) is 16.2 Å². The molecule has 3 aromatic rings. The van der Waals surface area contributed by atoms with Crippen molar-refractivity contribution in [1.29, 1.82) is 0 Å². The zero-order chi connectivity index (χ0) is 21.4. The SMILES string of the molecule is CC(C)(C)[Si]OC(C)(C)c1cccc(NC(=O)c2[nH]nc3ncc(Br)cc23)c1N. The average Bonchev–Trinajstić information content (AvgIpc) is 3.04. The van der Waals surface area contributed by atoms with Crippen molar-refractivity contribution in [3.8, 4) is 0 Å². The van der Waals surface area contributed by atoms with Crippen molar-refractivity contribution in [1.82, 2.24) is 15.2 Å². The van der Waals surface area contributed by atoms with Gasteiger partial charge in [-0.05, 0) is 46.9 Å².